The second-order valence-electron chi connectivity index (χ2n) is 8.54. The van der Waals surface area contributed by atoms with E-state index in [2.05, 4.69) is 31.4 Å². The van der Waals surface area contributed by atoms with Crippen molar-refractivity contribution in [1.82, 2.24) is 19.6 Å². The van der Waals surface area contributed by atoms with Gasteiger partial charge in [-0.1, -0.05) is 15.9 Å². The number of carbonyl (C=O) groups is 1. The molecule has 1 fully saturated rings. The Hall–Kier alpha value is -2.27. The summed E-state index contributed by atoms with van der Waals surface area (Å²) in [5.41, 5.74) is 1.11. The Kier molecular flexibility index (Phi) is 5.91. The predicted octanol–water partition coefficient (Wildman–Crippen LogP) is 2.74. The van der Waals surface area contributed by atoms with E-state index < -0.39 is 23.6 Å². The first-order valence-electron chi connectivity index (χ1n) is 10.4. The van der Waals surface area contributed by atoms with Crippen molar-refractivity contribution < 1.29 is 19.4 Å². The van der Waals surface area contributed by atoms with Gasteiger partial charge in [-0.25, -0.2) is 13.9 Å². The van der Waals surface area contributed by atoms with Crippen LogP contribution in [0, 0.1) is 17.2 Å². The quantitative estimate of drug-likeness (QED) is 0.455. The van der Waals surface area contributed by atoms with Gasteiger partial charge in [-0.05, 0) is 38.5 Å². The molecule has 4 N–H and O–H groups in total. The zero-order chi connectivity index (χ0) is 22.3. The first-order chi connectivity index (χ1) is 14.8. The van der Waals surface area contributed by atoms with Crippen LogP contribution in [0.3, 0.4) is 0 Å². The standard InChI is InChI=1S/C20H26BrFN6O3/c1-20(13-4-2-11(3-5-13)15(22)19(30)31)16(21)17(23)28-18(26-20)14(9-25-28)12-8-24-27(10-12)6-7-29/h8-11,13,15-16,23,26,29H,2-7H2,1H3,(H,30,31). The summed E-state index contributed by atoms with van der Waals surface area (Å²) in [5, 5.41) is 39.0. The van der Waals surface area contributed by atoms with Gasteiger partial charge >= 0.3 is 5.97 Å². The third-order valence-corrected chi connectivity index (χ3v) is 8.08. The van der Waals surface area contributed by atoms with Crippen molar-refractivity contribution in [3.8, 4) is 11.1 Å². The number of alkyl halides is 2. The summed E-state index contributed by atoms with van der Waals surface area (Å²) < 4.78 is 17.2. The van der Waals surface area contributed by atoms with E-state index in [9.17, 15) is 9.18 Å². The van der Waals surface area contributed by atoms with Gasteiger partial charge in [0.15, 0.2) is 6.17 Å². The monoisotopic (exact) mass is 496 g/mol. The molecule has 1 aliphatic heterocycles. The lowest BCUT2D eigenvalue weighted by molar-refractivity contribution is -0.145. The minimum Gasteiger partial charge on any atom is -0.479 e. The Morgan fingerprint density at radius 3 is 2.74 bits per heavy atom. The SMILES string of the molecule is CC1(C2CCC(C(F)C(=O)O)CC2)Nc2c(-c3cnn(CCO)c3)cnn2C(=N)C1Br. The fourth-order valence-electron chi connectivity index (χ4n) is 4.82. The number of hydrogen-bond acceptors (Lipinski definition) is 6. The number of aliphatic hydroxyl groups is 1. The largest absolute Gasteiger partial charge is 0.479 e. The predicted molar refractivity (Wildman–Crippen MR) is 116 cm³/mol. The van der Waals surface area contributed by atoms with Gasteiger partial charge in [0.25, 0.3) is 0 Å². The smallest absolute Gasteiger partial charge is 0.338 e. The molecule has 3 heterocycles. The van der Waals surface area contributed by atoms with Gasteiger partial charge in [0, 0.05) is 23.2 Å². The van der Waals surface area contributed by atoms with Gasteiger partial charge in [0.05, 0.1) is 35.9 Å². The molecule has 2 aliphatic rings. The van der Waals surface area contributed by atoms with Crippen LogP contribution >= 0.6 is 15.9 Å². The van der Waals surface area contributed by atoms with Crippen LogP contribution in [0.4, 0.5) is 10.2 Å². The number of aliphatic hydroxyl groups excluding tert-OH is 1. The molecular formula is C20H26BrFN6O3. The summed E-state index contributed by atoms with van der Waals surface area (Å²) >= 11 is 3.68. The fourth-order valence-corrected chi connectivity index (χ4v) is 5.50. The number of nitrogens with one attached hydrogen (secondary N) is 2. The molecule has 0 saturated heterocycles. The van der Waals surface area contributed by atoms with Crippen molar-refractivity contribution in [3.05, 3.63) is 18.6 Å². The normalized spacial score (nSPS) is 29.3. The van der Waals surface area contributed by atoms with E-state index in [4.69, 9.17) is 15.6 Å². The summed E-state index contributed by atoms with van der Waals surface area (Å²) in [6.07, 6.45) is 5.76. The fraction of sp³-hybridized carbons (Fsp3) is 0.600. The molecule has 9 nitrogen and oxygen atoms in total. The highest BCUT2D eigenvalue weighted by molar-refractivity contribution is 9.10. The van der Waals surface area contributed by atoms with Crippen LogP contribution in [0.1, 0.15) is 32.6 Å². The van der Waals surface area contributed by atoms with E-state index in [1.165, 1.54) is 0 Å². The molecule has 168 valence electrons. The van der Waals surface area contributed by atoms with Gasteiger partial charge in [-0.3, -0.25) is 10.1 Å². The first-order valence-corrected chi connectivity index (χ1v) is 11.3. The van der Waals surface area contributed by atoms with Gasteiger partial charge in [-0.15, -0.1) is 0 Å². The number of nitrogens with zero attached hydrogens (tertiary/aromatic N) is 4. The van der Waals surface area contributed by atoms with Crippen LogP contribution in [0.25, 0.3) is 11.1 Å². The number of halogens is 2. The van der Waals surface area contributed by atoms with Crippen LogP contribution in [0.2, 0.25) is 0 Å². The number of carboxylic acids is 1. The Morgan fingerprint density at radius 1 is 1.39 bits per heavy atom. The highest BCUT2D eigenvalue weighted by atomic mass is 79.9. The van der Waals surface area contributed by atoms with E-state index in [1.54, 1.807) is 21.8 Å². The molecule has 31 heavy (non-hydrogen) atoms. The molecule has 4 rings (SSSR count). The summed E-state index contributed by atoms with van der Waals surface area (Å²) in [5.74, 6) is -0.722. The van der Waals surface area contributed by atoms with E-state index in [0.29, 0.717) is 43.9 Å². The molecule has 3 unspecified atom stereocenters. The van der Waals surface area contributed by atoms with Crippen molar-refractivity contribution in [2.45, 2.75) is 55.7 Å². The minimum atomic E-state index is -1.82. The molecule has 0 radical (unpaired) electrons. The molecule has 1 saturated carbocycles. The number of hydrogen-bond donors (Lipinski definition) is 4. The van der Waals surface area contributed by atoms with E-state index in [0.717, 1.165) is 11.1 Å². The van der Waals surface area contributed by atoms with Gasteiger partial charge in [0.1, 0.15) is 11.7 Å². The van der Waals surface area contributed by atoms with E-state index >= 15 is 0 Å². The Bertz CT molecular complexity index is 985. The van der Waals surface area contributed by atoms with Crippen LogP contribution in [-0.4, -0.2) is 64.7 Å². The number of rotatable bonds is 6. The molecule has 1 aliphatic carbocycles. The molecule has 2 aromatic heterocycles. The summed E-state index contributed by atoms with van der Waals surface area (Å²) in [6, 6.07) is 0. The maximum absolute atomic E-state index is 14.0. The Balaban J connectivity index is 1.59. The Morgan fingerprint density at radius 2 is 2.10 bits per heavy atom. The second kappa shape index (κ2) is 8.34. The summed E-state index contributed by atoms with van der Waals surface area (Å²) in [6.45, 7) is 2.43. The zero-order valence-corrected chi connectivity index (χ0v) is 18.7. The van der Waals surface area contributed by atoms with Crippen LogP contribution < -0.4 is 5.32 Å². The lowest BCUT2D eigenvalue weighted by Crippen LogP contribution is -2.58. The topological polar surface area (TPSA) is 129 Å². The third kappa shape index (κ3) is 3.78. The first kappa shape index (κ1) is 21.9. The molecule has 0 aromatic carbocycles. The second-order valence-corrected chi connectivity index (χ2v) is 9.46. The number of carboxylic acid groups (broad SMARTS) is 1. The van der Waals surface area contributed by atoms with Crippen molar-refractivity contribution in [1.29, 1.82) is 5.41 Å². The lowest BCUT2D eigenvalue weighted by atomic mass is 9.69. The number of anilines is 1. The number of aromatic nitrogens is 4. The maximum Gasteiger partial charge on any atom is 0.338 e. The third-order valence-electron chi connectivity index (χ3n) is 6.69. The van der Waals surface area contributed by atoms with E-state index in [1.807, 2.05) is 13.1 Å². The summed E-state index contributed by atoms with van der Waals surface area (Å²) in [7, 11) is 0. The van der Waals surface area contributed by atoms with Crippen molar-refractivity contribution in [2.75, 3.05) is 11.9 Å². The molecular weight excluding hydrogens is 471 g/mol. The molecule has 0 amide bonds. The number of fused-ring (bicyclic) bond motifs is 1. The molecule has 11 heteroatoms. The average Bonchev–Trinajstić information content (AvgIpc) is 3.38. The Labute approximate surface area is 187 Å². The molecule has 0 bridgehead atoms. The lowest BCUT2D eigenvalue weighted by Gasteiger charge is -2.48. The zero-order valence-electron chi connectivity index (χ0n) is 17.1. The average molecular weight is 497 g/mol. The minimum absolute atomic E-state index is 0.0102. The van der Waals surface area contributed by atoms with E-state index in [-0.39, 0.29) is 17.4 Å². The molecule has 2 aromatic rings. The molecule has 3 atom stereocenters. The van der Waals surface area contributed by atoms with Gasteiger partial charge in [-0.2, -0.15) is 10.2 Å². The van der Waals surface area contributed by atoms with Crippen molar-refractivity contribution >= 4 is 33.6 Å². The van der Waals surface area contributed by atoms with Crippen LogP contribution in [-0.2, 0) is 11.3 Å². The maximum atomic E-state index is 14.0. The summed E-state index contributed by atoms with van der Waals surface area (Å²) in [4.78, 5) is 10.7. The van der Waals surface area contributed by atoms with Crippen molar-refractivity contribution in [2.24, 2.45) is 11.8 Å². The highest BCUT2D eigenvalue weighted by Crippen LogP contribution is 2.46. The van der Waals surface area contributed by atoms with Crippen LogP contribution in [0.15, 0.2) is 18.6 Å². The van der Waals surface area contributed by atoms with Gasteiger partial charge in [0.2, 0.25) is 0 Å². The van der Waals surface area contributed by atoms with Gasteiger partial charge < -0.3 is 15.5 Å². The van der Waals surface area contributed by atoms with Crippen LogP contribution in [0.5, 0.6) is 0 Å². The molecule has 0 spiro atoms. The number of aliphatic carboxylic acids is 1. The highest BCUT2D eigenvalue weighted by Gasteiger charge is 2.49. The van der Waals surface area contributed by atoms with Crippen molar-refractivity contribution in [3.63, 3.8) is 0 Å².